The van der Waals surface area contributed by atoms with E-state index < -0.39 is 0 Å². The van der Waals surface area contributed by atoms with Crippen LogP contribution in [0.4, 0.5) is 0 Å². The lowest BCUT2D eigenvalue weighted by Gasteiger charge is -2.10. The van der Waals surface area contributed by atoms with Crippen LogP contribution in [0.2, 0.25) is 0 Å². The van der Waals surface area contributed by atoms with Crippen LogP contribution in [0.1, 0.15) is 31.2 Å². The normalized spacial score (nSPS) is 11.1. The molecule has 2 aromatic carbocycles. The highest BCUT2D eigenvalue weighted by molar-refractivity contribution is 5.76. The molecule has 24 heavy (non-hydrogen) atoms. The molecule has 3 aromatic rings. The van der Waals surface area contributed by atoms with Crippen LogP contribution in [-0.2, 0) is 13.0 Å². The summed E-state index contributed by atoms with van der Waals surface area (Å²) in [5.41, 5.74) is 9.15. The zero-order valence-electron chi connectivity index (χ0n) is 14.2. The van der Waals surface area contributed by atoms with E-state index in [9.17, 15) is 0 Å². The number of benzene rings is 2. The first-order chi connectivity index (χ1) is 11.8. The summed E-state index contributed by atoms with van der Waals surface area (Å²) in [4.78, 5) is 4.85. The smallest absolute Gasteiger partial charge is 0.119 e. The summed E-state index contributed by atoms with van der Waals surface area (Å²) in [6.45, 7) is 4.39. The Morgan fingerprint density at radius 3 is 2.58 bits per heavy atom. The molecule has 126 valence electrons. The Morgan fingerprint density at radius 1 is 1.04 bits per heavy atom. The van der Waals surface area contributed by atoms with Crippen LogP contribution in [0.25, 0.3) is 11.0 Å². The van der Waals surface area contributed by atoms with E-state index in [2.05, 4.69) is 34.9 Å². The van der Waals surface area contributed by atoms with Crippen LogP contribution in [-0.4, -0.2) is 22.7 Å². The highest BCUT2D eigenvalue weighted by atomic mass is 16.5. The predicted molar refractivity (Wildman–Crippen MR) is 98.4 cm³/mol. The molecule has 0 atom stereocenters. The number of aromatic nitrogens is 2. The van der Waals surface area contributed by atoms with Gasteiger partial charge in [-0.2, -0.15) is 0 Å². The van der Waals surface area contributed by atoms with Gasteiger partial charge in [-0.3, -0.25) is 0 Å². The van der Waals surface area contributed by atoms with Gasteiger partial charge in [-0.05, 0) is 56.1 Å². The fourth-order valence-electron chi connectivity index (χ4n) is 2.98. The lowest BCUT2D eigenvalue weighted by molar-refractivity contribution is 0.340. The van der Waals surface area contributed by atoms with Crippen molar-refractivity contribution < 1.29 is 4.74 Å². The number of para-hydroxylation sites is 2. The van der Waals surface area contributed by atoms with Crippen molar-refractivity contribution in [3.63, 3.8) is 0 Å². The molecule has 0 radical (unpaired) electrons. The SMILES string of the molecule is CCOc1ccc(Cc2nc3ccccc3n2CCCCN)cc1. The highest BCUT2D eigenvalue weighted by Gasteiger charge is 2.10. The summed E-state index contributed by atoms with van der Waals surface area (Å²) in [5, 5.41) is 0. The molecule has 0 saturated carbocycles. The maximum absolute atomic E-state index is 5.64. The lowest BCUT2D eigenvalue weighted by atomic mass is 10.1. The molecule has 0 amide bonds. The zero-order chi connectivity index (χ0) is 16.8. The number of nitrogens with zero attached hydrogens (tertiary/aromatic N) is 2. The Bertz CT molecular complexity index is 777. The largest absolute Gasteiger partial charge is 0.494 e. The van der Waals surface area contributed by atoms with E-state index in [4.69, 9.17) is 15.5 Å². The van der Waals surface area contributed by atoms with Crippen LogP contribution in [0.5, 0.6) is 5.75 Å². The molecule has 0 aliphatic carbocycles. The van der Waals surface area contributed by atoms with E-state index in [1.54, 1.807) is 0 Å². The summed E-state index contributed by atoms with van der Waals surface area (Å²) in [6.07, 6.45) is 2.94. The summed E-state index contributed by atoms with van der Waals surface area (Å²) >= 11 is 0. The molecule has 0 aliphatic rings. The molecule has 0 saturated heterocycles. The third-order valence-corrected chi connectivity index (χ3v) is 4.17. The average molecular weight is 323 g/mol. The summed E-state index contributed by atoms with van der Waals surface area (Å²) in [7, 11) is 0. The van der Waals surface area contributed by atoms with Gasteiger partial charge in [0.25, 0.3) is 0 Å². The second kappa shape index (κ2) is 7.97. The Kier molecular flexibility index (Phi) is 5.49. The van der Waals surface area contributed by atoms with Crippen molar-refractivity contribution >= 4 is 11.0 Å². The number of hydrogen-bond acceptors (Lipinski definition) is 3. The Morgan fingerprint density at radius 2 is 1.83 bits per heavy atom. The second-order valence-corrected chi connectivity index (χ2v) is 5.92. The highest BCUT2D eigenvalue weighted by Crippen LogP contribution is 2.20. The Labute approximate surface area is 143 Å². The molecule has 2 N–H and O–H groups in total. The first-order valence-electron chi connectivity index (χ1n) is 8.67. The van der Waals surface area contributed by atoms with Gasteiger partial charge in [-0.1, -0.05) is 24.3 Å². The van der Waals surface area contributed by atoms with Crippen molar-refractivity contribution in [3.8, 4) is 5.75 Å². The van der Waals surface area contributed by atoms with Crippen molar-refractivity contribution in [2.24, 2.45) is 5.73 Å². The zero-order valence-corrected chi connectivity index (χ0v) is 14.2. The minimum Gasteiger partial charge on any atom is -0.494 e. The van der Waals surface area contributed by atoms with Gasteiger partial charge in [0.2, 0.25) is 0 Å². The van der Waals surface area contributed by atoms with Crippen molar-refractivity contribution in [1.82, 2.24) is 9.55 Å². The average Bonchev–Trinajstić information content (AvgIpc) is 2.95. The van der Waals surface area contributed by atoms with Gasteiger partial charge in [-0.15, -0.1) is 0 Å². The molecule has 1 heterocycles. The molecule has 0 fully saturated rings. The van der Waals surface area contributed by atoms with Crippen molar-refractivity contribution in [2.75, 3.05) is 13.2 Å². The van der Waals surface area contributed by atoms with Gasteiger partial charge in [0.05, 0.1) is 17.6 Å². The maximum atomic E-state index is 5.64. The molecule has 4 heteroatoms. The predicted octanol–water partition coefficient (Wildman–Crippen LogP) is 3.76. The van der Waals surface area contributed by atoms with E-state index in [0.717, 1.165) is 49.4 Å². The topological polar surface area (TPSA) is 53.1 Å². The molecule has 1 aromatic heterocycles. The van der Waals surface area contributed by atoms with E-state index >= 15 is 0 Å². The first-order valence-corrected chi connectivity index (χ1v) is 8.67. The fourth-order valence-corrected chi connectivity index (χ4v) is 2.98. The van der Waals surface area contributed by atoms with Crippen LogP contribution in [0, 0.1) is 0 Å². The van der Waals surface area contributed by atoms with E-state index in [0.29, 0.717) is 6.61 Å². The number of rotatable bonds is 8. The van der Waals surface area contributed by atoms with Crippen LogP contribution < -0.4 is 10.5 Å². The second-order valence-electron chi connectivity index (χ2n) is 5.92. The van der Waals surface area contributed by atoms with Gasteiger partial charge in [0.15, 0.2) is 0 Å². The quantitative estimate of drug-likeness (QED) is 0.642. The third-order valence-electron chi connectivity index (χ3n) is 4.17. The maximum Gasteiger partial charge on any atom is 0.119 e. The molecule has 0 spiro atoms. The Balaban J connectivity index is 1.85. The monoisotopic (exact) mass is 323 g/mol. The minimum atomic E-state index is 0.691. The van der Waals surface area contributed by atoms with Crippen LogP contribution in [0.15, 0.2) is 48.5 Å². The molecule has 0 unspecified atom stereocenters. The van der Waals surface area contributed by atoms with Gasteiger partial charge < -0.3 is 15.0 Å². The third kappa shape index (κ3) is 3.77. The van der Waals surface area contributed by atoms with Crippen molar-refractivity contribution in [3.05, 3.63) is 59.9 Å². The van der Waals surface area contributed by atoms with Crippen LogP contribution in [0.3, 0.4) is 0 Å². The summed E-state index contributed by atoms with van der Waals surface area (Å²) in [5.74, 6) is 2.02. The first kappa shape index (κ1) is 16.5. The van der Waals surface area contributed by atoms with Gasteiger partial charge in [0, 0.05) is 13.0 Å². The van der Waals surface area contributed by atoms with Crippen LogP contribution >= 0.6 is 0 Å². The number of aryl methyl sites for hydroxylation is 1. The van der Waals surface area contributed by atoms with Crippen molar-refractivity contribution in [2.45, 2.75) is 32.7 Å². The van der Waals surface area contributed by atoms with E-state index in [1.165, 1.54) is 11.1 Å². The summed E-state index contributed by atoms with van der Waals surface area (Å²) < 4.78 is 7.85. The lowest BCUT2D eigenvalue weighted by Crippen LogP contribution is -2.07. The number of fused-ring (bicyclic) bond motifs is 1. The van der Waals surface area contributed by atoms with E-state index in [-0.39, 0.29) is 0 Å². The molecule has 0 bridgehead atoms. The van der Waals surface area contributed by atoms with E-state index in [1.807, 2.05) is 25.1 Å². The number of hydrogen-bond donors (Lipinski definition) is 1. The molecule has 3 rings (SSSR count). The number of nitrogens with two attached hydrogens (primary N) is 1. The minimum absolute atomic E-state index is 0.691. The van der Waals surface area contributed by atoms with Gasteiger partial charge in [-0.25, -0.2) is 4.98 Å². The van der Waals surface area contributed by atoms with Crippen molar-refractivity contribution in [1.29, 1.82) is 0 Å². The van der Waals surface area contributed by atoms with Gasteiger partial charge >= 0.3 is 0 Å². The summed E-state index contributed by atoms with van der Waals surface area (Å²) in [6, 6.07) is 16.6. The molecule has 0 aliphatic heterocycles. The number of imidazole rings is 1. The van der Waals surface area contributed by atoms with Gasteiger partial charge in [0.1, 0.15) is 11.6 Å². The molecule has 4 nitrogen and oxygen atoms in total. The molecular weight excluding hydrogens is 298 g/mol. The molecular formula is C20H25N3O. The Hall–Kier alpha value is -2.33. The number of ether oxygens (including phenoxy) is 1. The fraction of sp³-hybridized carbons (Fsp3) is 0.350. The number of unbranched alkanes of at least 4 members (excludes halogenated alkanes) is 1. The standard InChI is InChI=1S/C20H25N3O/c1-2-24-17-11-9-16(10-12-17)15-20-22-18-7-3-4-8-19(18)23(20)14-6-5-13-21/h3-4,7-12H,2,5-6,13-15,21H2,1H3.